The summed E-state index contributed by atoms with van der Waals surface area (Å²) in [5.41, 5.74) is 1.22. The summed E-state index contributed by atoms with van der Waals surface area (Å²) < 4.78 is 0. The van der Waals surface area contributed by atoms with E-state index in [0.29, 0.717) is 0 Å². The van der Waals surface area contributed by atoms with Crippen LogP contribution in [0, 0.1) is 0 Å². The Hall–Kier alpha value is 0.796. The molecule has 0 fully saturated rings. The molecule has 0 heterocycles. The van der Waals surface area contributed by atoms with E-state index in [1.54, 1.807) is 0 Å². The molecule has 4 heavy (non-hydrogen) atoms. The predicted octanol–water partition coefficient (Wildman–Crippen LogP) is 1.21. The molecule has 0 aromatic rings. The van der Waals surface area contributed by atoms with Gasteiger partial charge in [-0.2, -0.15) is 0 Å². The van der Waals surface area contributed by atoms with Gasteiger partial charge in [0.1, 0.15) is 0 Å². The minimum atomic E-state index is 0. The predicted molar refractivity (Wildman–Crippen MR) is 24.0 cm³/mol. The van der Waals surface area contributed by atoms with Crippen LogP contribution >= 0.6 is 11.6 Å². The molecule has 0 rings (SSSR count). The summed E-state index contributed by atoms with van der Waals surface area (Å²) in [5.74, 6) is 0. The van der Waals surface area contributed by atoms with Crippen LogP contribution in [0.1, 0.15) is 2.85 Å². The molecule has 0 bridgehead atoms. The Balaban J connectivity index is -0.00000000667. The van der Waals surface area contributed by atoms with Crippen molar-refractivity contribution in [2.24, 2.45) is 0 Å². The number of halogens is 1. The van der Waals surface area contributed by atoms with E-state index >= 15 is 0 Å². The first kappa shape index (κ1) is 8.84. The van der Waals surface area contributed by atoms with Gasteiger partial charge in [-0.25, -0.2) is 0 Å². The summed E-state index contributed by atoms with van der Waals surface area (Å²) in [5, 5.41) is 0. The van der Waals surface area contributed by atoms with Gasteiger partial charge < -0.3 is 2.85 Å². The molecule has 0 nitrogen and oxygen atoms in total. The Labute approximate surface area is 50.0 Å². The molecule has 0 unspecified atom stereocenters. The monoisotopic (exact) mass is 88.0 g/mol. The first-order valence-corrected chi connectivity index (χ1v) is 1.06. The zero-order valence-corrected chi connectivity index (χ0v) is 4.54. The summed E-state index contributed by atoms with van der Waals surface area (Å²) in [7, 11) is 0. The average Bonchev–Trinajstić information content (AvgIpc) is 0.918. The van der Waals surface area contributed by atoms with Crippen LogP contribution in [-0.2, 0) is 0 Å². The molecule has 0 atom stereocenters. The minimum Gasteiger partial charge on any atom is -1.00 e. The van der Waals surface area contributed by atoms with Crippen LogP contribution in [0.25, 0.3) is 0 Å². The molecule has 0 aromatic carbocycles. The summed E-state index contributed by atoms with van der Waals surface area (Å²) >= 11 is 4.76. The quantitative estimate of drug-likeness (QED) is 0.391. The Bertz CT molecular complexity index is 19.0. The molecule has 0 spiro atoms. The van der Waals surface area contributed by atoms with Crippen LogP contribution in [0.2, 0.25) is 0 Å². The summed E-state index contributed by atoms with van der Waals surface area (Å²) in [6.07, 6.45) is 0. The molecule has 0 radical (unpaired) electrons. The van der Waals surface area contributed by atoms with E-state index in [9.17, 15) is 0 Å². The van der Waals surface area contributed by atoms with Crippen LogP contribution in [0.5, 0.6) is 0 Å². The zero-order chi connectivity index (χ0) is 2.71. The van der Waals surface area contributed by atoms with Gasteiger partial charge in [0.25, 0.3) is 0 Å². The van der Waals surface area contributed by atoms with E-state index in [1.807, 2.05) is 0 Å². The molecular formula is C2H5ClMg. The molecule has 0 aliphatic carbocycles. The number of hydrogen-bond donors (Lipinski definition) is 0. The molecule has 0 saturated heterocycles. The second-order valence-corrected chi connectivity index (χ2v) is 0.463. The molecule has 0 N–H and O–H groups in total. The van der Waals surface area contributed by atoms with Gasteiger partial charge >= 0.3 is 23.1 Å². The summed E-state index contributed by atoms with van der Waals surface area (Å²) in [6, 6.07) is 0. The third-order valence-electron chi connectivity index (χ3n) is 0. The molecule has 0 aliphatic heterocycles. The largest absolute Gasteiger partial charge is 2.00 e. The minimum absolute atomic E-state index is 0. The van der Waals surface area contributed by atoms with Gasteiger partial charge in [0.15, 0.2) is 0 Å². The van der Waals surface area contributed by atoms with Gasteiger partial charge in [-0.05, 0) is 5.54 Å². The first-order valence-electron chi connectivity index (χ1n) is 0.626. The molecule has 0 aliphatic rings. The van der Waals surface area contributed by atoms with Crippen molar-refractivity contribution in [1.82, 2.24) is 0 Å². The average molecular weight is 88.8 g/mol. The molecule has 2 heteroatoms. The van der Waals surface area contributed by atoms with E-state index in [2.05, 4.69) is 6.58 Å². The van der Waals surface area contributed by atoms with Crippen molar-refractivity contribution in [2.75, 3.05) is 0 Å². The van der Waals surface area contributed by atoms with Crippen molar-refractivity contribution < 1.29 is 2.85 Å². The van der Waals surface area contributed by atoms with Crippen LogP contribution in [0.15, 0.2) is 12.1 Å². The van der Waals surface area contributed by atoms with Crippen molar-refractivity contribution in [3.8, 4) is 0 Å². The Morgan fingerprint density at radius 1 is 2.00 bits per heavy atom. The fourth-order valence-electron chi connectivity index (χ4n) is 0. The van der Waals surface area contributed by atoms with Crippen molar-refractivity contribution in [3.63, 3.8) is 0 Å². The second-order valence-electron chi connectivity index (χ2n) is 0.154. The van der Waals surface area contributed by atoms with Crippen LogP contribution < -0.4 is 0 Å². The topological polar surface area (TPSA) is 0 Å². The molecule has 0 saturated carbocycles. The van der Waals surface area contributed by atoms with E-state index in [4.69, 9.17) is 11.6 Å². The third kappa shape index (κ3) is 14.2. The van der Waals surface area contributed by atoms with Crippen molar-refractivity contribution in [2.45, 2.75) is 0 Å². The Kier molecular flexibility index (Phi) is 20.3. The molecule has 0 amide bonds. The summed E-state index contributed by atoms with van der Waals surface area (Å²) in [6.45, 7) is 3.13. The maximum Gasteiger partial charge on any atom is 2.00 e. The van der Waals surface area contributed by atoms with E-state index in [-0.39, 0.29) is 25.9 Å². The number of rotatable bonds is 0. The second kappa shape index (κ2) is 9.20. The van der Waals surface area contributed by atoms with Crippen molar-refractivity contribution >= 4 is 34.7 Å². The maximum atomic E-state index is 4.76. The fraction of sp³-hybridized carbons (Fsp3) is 0. The first-order chi connectivity index (χ1) is 1.41. The van der Waals surface area contributed by atoms with Gasteiger partial charge in [-0.1, -0.05) is 18.2 Å². The van der Waals surface area contributed by atoms with E-state index in [1.165, 1.54) is 5.54 Å². The van der Waals surface area contributed by atoms with E-state index < -0.39 is 0 Å². The van der Waals surface area contributed by atoms with Gasteiger partial charge in [0.2, 0.25) is 0 Å². The SMILES string of the molecule is C=CCl.[H-].[H-].[Mg+2]. The van der Waals surface area contributed by atoms with Crippen LogP contribution in [0.4, 0.5) is 0 Å². The fourth-order valence-corrected chi connectivity index (χ4v) is 0. The van der Waals surface area contributed by atoms with Gasteiger partial charge in [-0.3, -0.25) is 0 Å². The maximum absolute atomic E-state index is 4.76. The van der Waals surface area contributed by atoms with Crippen LogP contribution in [-0.4, -0.2) is 23.1 Å². The van der Waals surface area contributed by atoms with Crippen LogP contribution in [0.3, 0.4) is 0 Å². The smallest absolute Gasteiger partial charge is 1.00 e. The standard InChI is InChI=1S/C2H3Cl.Mg.2H/c1-2-3;;;/h2H,1H2;;;/q;+2;2*-1. The number of hydrogen-bond acceptors (Lipinski definition) is 0. The normalized spacial score (nSPS) is 3.25. The third-order valence-corrected chi connectivity index (χ3v) is 0. The van der Waals surface area contributed by atoms with Gasteiger partial charge in [0.05, 0.1) is 0 Å². The molecule has 0 aromatic heterocycles. The van der Waals surface area contributed by atoms with Gasteiger partial charge in [-0.15, -0.1) is 0 Å². The van der Waals surface area contributed by atoms with Gasteiger partial charge in [0, 0.05) is 0 Å². The zero-order valence-electron chi connectivity index (χ0n) is 4.37. The molecule has 22 valence electrons. The van der Waals surface area contributed by atoms with E-state index in [0.717, 1.165) is 0 Å². The molecular weight excluding hydrogens is 83.8 g/mol. The Morgan fingerprint density at radius 3 is 2.00 bits per heavy atom. The van der Waals surface area contributed by atoms with Crippen molar-refractivity contribution in [3.05, 3.63) is 12.1 Å². The Morgan fingerprint density at radius 2 is 2.00 bits per heavy atom. The summed E-state index contributed by atoms with van der Waals surface area (Å²) in [4.78, 5) is 0. The van der Waals surface area contributed by atoms with Crippen molar-refractivity contribution in [1.29, 1.82) is 0 Å².